The number of amides is 1. The molecule has 0 bridgehead atoms. The second-order valence-corrected chi connectivity index (χ2v) is 5.39. The molecule has 0 saturated carbocycles. The van der Waals surface area contributed by atoms with Gasteiger partial charge in [0.2, 0.25) is 0 Å². The van der Waals surface area contributed by atoms with E-state index in [1.54, 1.807) is 11.0 Å². The number of nitrogens with zero attached hydrogens (tertiary/aromatic N) is 1. The Morgan fingerprint density at radius 3 is 2.95 bits per heavy atom. The summed E-state index contributed by atoms with van der Waals surface area (Å²) in [6.45, 7) is 0.734. The smallest absolute Gasteiger partial charge is 0.341 e. The first kappa shape index (κ1) is 14.5. The third-order valence-corrected chi connectivity index (χ3v) is 4.03. The van der Waals surface area contributed by atoms with Gasteiger partial charge in [-0.25, -0.2) is 9.18 Å². The molecule has 4 nitrogen and oxygen atoms in total. The Hall–Kier alpha value is -2.43. The minimum Gasteiger partial charge on any atom is -0.465 e. The van der Waals surface area contributed by atoms with Crippen LogP contribution < -0.4 is 0 Å². The van der Waals surface area contributed by atoms with Gasteiger partial charge in [0.25, 0.3) is 5.91 Å². The zero-order chi connectivity index (χ0) is 15.7. The van der Waals surface area contributed by atoms with Gasteiger partial charge in [0.1, 0.15) is 11.4 Å². The monoisotopic (exact) mass is 301 g/mol. The molecule has 1 aromatic rings. The second-order valence-electron chi connectivity index (χ2n) is 5.39. The van der Waals surface area contributed by atoms with Crippen molar-refractivity contribution in [3.8, 4) is 0 Å². The van der Waals surface area contributed by atoms with Crippen LogP contribution in [0.4, 0.5) is 4.39 Å². The lowest BCUT2D eigenvalue weighted by molar-refractivity contribution is -0.125. The SMILES string of the molecule is COC(=O)c1c(F)cccc1CN1CC2=C(C=CCC2)C1=O. The highest BCUT2D eigenvalue weighted by atomic mass is 19.1. The maximum absolute atomic E-state index is 13.9. The quantitative estimate of drug-likeness (QED) is 0.806. The molecule has 0 aromatic heterocycles. The molecule has 1 aromatic carbocycles. The van der Waals surface area contributed by atoms with Gasteiger partial charge < -0.3 is 9.64 Å². The summed E-state index contributed by atoms with van der Waals surface area (Å²) in [5.41, 5.74) is 2.22. The van der Waals surface area contributed by atoms with Gasteiger partial charge in [-0.1, -0.05) is 24.3 Å². The number of ether oxygens (including phenoxy) is 1. The first-order chi connectivity index (χ1) is 10.6. The van der Waals surface area contributed by atoms with Crippen LogP contribution >= 0.6 is 0 Å². The Kier molecular flexibility index (Phi) is 3.79. The molecule has 0 radical (unpaired) electrons. The summed E-state index contributed by atoms with van der Waals surface area (Å²) in [6, 6.07) is 4.40. The highest BCUT2D eigenvalue weighted by molar-refractivity contribution is 6.00. The van der Waals surface area contributed by atoms with Crippen molar-refractivity contribution in [3.63, 3.8) is 0 Å². The molecule has 0 spiro atoms. The summed E-state index contributed by atoms with van der Waals surface area (Å²) in [5.74, 6) is -1.42. The minimum absolute atomic E-state index is 0.0639. The predicted octanol–water partition coefficient (Wildman–Crippen LogP) is 2.60. The van der Waals surface area contributed by atoms with Crippen molar-refractivity contribution < 1.29 is 18.7 Å². The molecular weight excluding hydrogens is 285 g/mol. The van der Waals surface area contributed by atoms with E-state index in [-0.39, 0.29) is 18.0 Å². The van der Waals surface area contributed by atoms with Crippen LogP contribution in [-0.4, -0.2) is 30.4 Å². The van der Waals surface area contributed by atoms with Gasteiger partial charge in [-0.3, -0.25) is 4.79 Å². The lowest BCUT2D eigenvalue weighted by Crippen LogP contribution is -2.27. The molecule has 1 aliphatic heterocycles. The molecule has 0 fully saturated rings. The average molecular weight is 301 g/mol. The van der Waals surface area contributed by atoms with E-state index in [0.717, 1.165) is 24.0 Å². The highest BCUT2D eigenvalue weighted by Crippen LogP contribution is 2.29. The fourth-order valence-electron chi connectivity index (χ4n) is 2.94. The van der Waals surface area contributed by atoms with E-state index >= 15 is 0 Å². The summed E-state index contributed by atoms with van der Waals surface area (Å²) in [6.07, 6.45) is 5.66. The van der Waals surface area contributed by atoms with Gasteiger partial charge in [-0.15, -0.1) is 0 Å². The van der Waals surface area contributed by atoms with Crippen LogP contribution in [0.25, 0.3) is 0 Å². The molecule has 0 saturated heterocycles. The van der Waals surface area contributed by atoms with Crippen molar-refractivity contribution >= 4 is 11.9 Å². The summed E-state index contributed by atoms with van der Waals surface area (Å²) >= 11 is 0. The Bertz CT molecular complexity index is 706. The van der Waals surface area contributed by atoms with Crippen LogP contribution in [0, 0.1) is 5.82 Å². The fourth-order valence-corrected chi connectivity index (χ4v) is 2.94. The van der Waals surface area contributed by atoms with E-state index in [4.69, 9.17) is 0 Å². The number of hydrogen-bond donors (Lipinski definition) is 0. The first-order valence-corrected chi connectivity index (χ1v) is 7.15. The summed E-state index contributed by atoms with van der Waals surface area (Å²) < 4.78 is 18.6. The lowest BCUT2D eigenvalue weighted by Gasteiger charge is -2.18. The van der Waals surface area contributed by atoms with E-state index < -0.39 is 11.8 Å². The molecule has 114 valence electrons. The van der Waals surface area contributed by atoms with Gasteiger partial charge in [0.15, 0.2) is 0 Å². The Balaban J connectivity index is 1.86. The molecule has 1 amide bonds. The number of halogens is 1. The van der Waals surface area contributed by atoms with Crippen molar-refractivity contribution in [3.05, 3.63) is 58.4 Å². The van der Waals surface area contributed by atoms with Gasteiger partial charge in [0, 0.05) is 18.7 Å². The van der Waals surface area contributed by atoms with Crippen LogP contribution in [0.3, 0.4) is 0 Å². The molecule has 2 aliphatic rings. The maximum atomic E-state index is 13.9. The number of hydrogen-bond acceptors (Lipinski definition) is 3. The topological polar surface area (TPSA) is 46.6 Å². The van der Waals surface area contributed by atoms with Crippen LogP contribution in [0.2, 0.25) is 0 Å². The first-order valence-electron chi connectivity index (χ1n) is 7.15. The third-order valence-electron chi connectivity index (χ3n) is 4.03. The van der Waals surface area contributed by atoms with Crippen molar-refractivity contribution in [2.75, 3.05) is 13.7 Å². The molecule has 0 atom stereocenters. The maximum Gasteiger partial charge on any atom is 0.341 e. The van der Waals surface area contributed by atoms with Crippen molar-refractivity contribution in [2.24, 2.45) is 0 Å². The highest BCUT2D eigenvalue weighted by Gasteiger charge is 2.30. The molecular formula is C17H16FNO3. The Labute approximate surface area is 127 Å². The predicted molar refractivity (Wildman–Crippen MR) is 78.6 cm³/mol. The lowest BCUT2D eigenvalue weighted by atomic mass is 10.0. The Morgan fingerprint density at radius 2 is 2.23 bits per heavy atom. The van der Waals surface area contributed by atoms with Gasteiger partial charge in [-0.05, 0) is 30.0 Å². The van der Waals surface area contributed by atoms with Crippen molar-refractivity contribution in [1.82, 2.24) is 4.90 Å². The molecule has 0 unspecified atom stereocenters. The minimum atomic E-state index is -0.725. The standard InChI is InChI=1S/C17H16FNO3/c1-22-17(21)15-12(6-4-8-14(15)18)10-19-9-11-5-2-3-7-13(11)16(19)20/h3-4,6-8H,2,5,9-10H2,1H3. The normalized spacial score (nSPS) is 17.0. The average Bonchev–Trinajstić information content (AvgIpc) is 2.84. The summed E-state index contributed by atoms with van der Waals surface area (Å²) in [7, 11) is 1.21. The number of carbonyl (C=O) groups excluding carboxylic acids is 2. The van der Waals surface area contributed by atoms with E-state index in [1.165, 1.54) is 19.2 Å². The van der Waals surface area contributed by atoms with E-state index in [2.05, 4.69) is 4.74 Å². The molecule has 1 heterocycles. The number of benzene rings is 1. The van der Waals surface area contributed by atoms with Crippen molar-refractivity contribution in [2.45, 2.75) is 19.4 Å². The number of allylic oxidation sites excluding steroid dienone is 1. The van der Waals surface area contributed by atoms with Gasteiger partial charge in [0.05, 0.1) is 7.11 Å². The largest absolute Gasteiger partial charge is 0.465 e. The summed E-state index contributed by atoms with van der Waals surface area (Å²) in [5, 5.41) is 0. The molecule has 5 heteroatoms. The number of esters is 1. The van der Waals surface area contributed by atoms with Crippen LogP contribution in [0.5, 0.6) is 0 Å². The second kappa shape index (κ2) is 5.75. The van der Waals surface area contributed by atoms with Crippen molar-refractivity contribution in [1.29, 1.82) is 0 Å². The van der Waals surface area contributed by atoms with Crippen LogP contribution in [0.15, 0.2) is 41.5 Å². The number of rotatable bonds is 3. The number of methoxy groups -OCH3 is 1. The molecule has 1 aliphatic carbocycles. The van der Waals surface area contributed by atoms with Gasteiger partial charge in [-0.2, -0.15) is 0 Å². The third kappa shape index (κ3) is 2.43. The zero-order valence-electron chi connectivity index (χ0n) is 12.3. The Morgan fingerprint density at radius 1 is 1.41 bits per heavy atom. The van der Waals surface area contributed by atoms with E-state index in [0.29, 0.717) is 12.1 Å². The fraction of sp³-hybridized carbons (Fsp3) is 0.294. The molecule has 22 heavy (non-hydrogen) atoms. The van der Waals surface area contributed by atoms with Crippen LogP contribution in [-0.2, 0) is 16.1 Å². The van der Waals surface area contributed by atoms with Gasteiger partial charge >= 0.3 is 5.97 Å². The summed E-state index contributed by atoms with van der Waals surface area (Å²) in [4.78, 5) is 25.8. The number of carbonyl (C=O) groups is 2. The zero-order valence-corrected chi connectivity index (χ0v) is 12.3. The van der Waals surface area contributed by atoms with E-state index in [9.17, 15) is 14.0 Å². The van der Waals surface area contributed by atoms with E-state index in [1.807, 2.05) is 12.2 Å². The van der Waals surface area contributed by atoms with Crippen LogP contribution in [0.1, 0.15) is 28.8 Å². The molecule has 0 N–H and O–H groups in total. The molecule has 3 rings (SSSR count).